The Morgan fingerprint density at radius 3 is 2.54 bits per heavy atom. The number of para-hydroxylation sites is 2. The van der Waals surface area contributed by atoms with Crippen molar-refractivity contribution in [2.45, 2.75) is 6.18 Å². The minimum Gasteiger partial charge on any atom is -0.493 e. The average Bonchev–Trinajstić information content (AvgIpc) is 2.86. The second-order valence-corrected chi connectivity index (χ2v) is 7.55. The molecule has 0 spiro atoms. The van der Waals surface area contributed by atoms with Gasteiger partial charge in [-0.25, -0.2) is 0 Å². The topological polar surface area (TPSA) is 72.5 Å². The maximum Gasteiger partial charge on any atom is 0.416 e. The van der Waals surface area contributed by atoms with Crippen molar-refractivity contribution in [3.63, 3.8) is 0 Å². The van der Waals surface area contributed by atoms with Crippen molar-refractivity contribution in [1.82, 2.24) is 10.3 Å². The fraction of sp³-hybridized carbons (Fsp3) is 0.154. The smallest absolute Gasteiger partial charge is 0.416 e. The Morgan fingerprint density at radius 2 is 1.77 bits per heavy atom. The maximum absolute atomic E-state index is 13.0. The summed E-state index contributed by atoms with van der Waals surface area (Å²) in [5.74, 6) is 0.907. The second kappa shape index (κ2) is 10.3. The number of rotatable bonds is 8. The molecular weight excluding hydrogens is 459 g/mol. The molecule has 0 bridgehead atoms. The largest absolute Gasteiger partial charge is 0.493 e. The summed E-state index contributed by atoms with van der Waals surface area (Å²) in [4.78, 5) is 16.6. The molecule has 0 fully saturated rings. The average molecular weight is 481 g/mol. The van der Waals surface area contributed by atoms with E-state index in [0.717, 1.165) is 12.1 Å². The number of fused-ring (bicyclic) bond motifs is 1. The SMILES string of the molecule is COc1ccccc1OCCNC(=O)c1cccc(Nc2ccnc3cc(C(F)(F)F)ccc23)c1. The molecule has 9 heteroatoms. The fourth-order valence-electron chi connectivity index (χ4n) is 3.49. The lowest BCUT2D eigenvalue weighted by atomic mass is 10.1. The van der Waals surface area contributed by atoms with Crippen LogP contribution < -0.4 is 20.1 Å². The van der Waals surface area contributed by atoms with Gasteiger partial charge in [0.05, 0.1) is 24.7 Å². The van der Waals surface area contributed by atoms with Gasteiger partial charge in [0.25, 0.3) is 5.91 Å². The van der Waals surface area contributed by atoms with Crippen LogP contribution in [0.15, 0.2) is 79.0 Å². The van der Waals surface area contributed by atoms with Crippen molar-refractivity contribution < 1.29 is 27.4 Å². The van der Waals surface area contributed by atoms with Crippen LogP contribution in [0.1, 0.15) is 15.9 Å². The van der Waals surface area contributed by atoms with E-state index in [1.54, 1.807) is 49.6 Å². The molecule has 0 radical (unpaired) electrons. The van der Waals surface area contributed by atoms with Crippen LogP contribution in [0.3, 0.4) is 0 Å². The van der Waals surface area contributed by atoms with Crippen LogP contribution in [0.25, 0.3) is 10.9 Å². The number of nitrogens with one attached hydrogen (secondary N) is 2. The zero-order valence-electron chi connectivity index (χ0n) is 18.7. The molecule has 0 aliphatic carbocycles. The molecule has 0 saturated heterocycles. The van der Waals surface area contributed by atoms with Crippen molar-refractivity contribution in [2.24, 2.45) is 0 Å². The number of carbonyl (C=O) groups is 1. The van der Waals surface area contributed by atoms with Gasteiger partial charge in [0, 0.05) is 28.5 Å². The number of anilines is 2. The number of methoxy groups -OCH3 is 1. The van der Waals surface area contributed by atoms with Gasteiger partial charge < -0.3 is 20.1 Å². The quantitative estimate of drug-likeness (QED) is 0.311. The normalized spacial score (nSPS) is 11.2. The third kappa shape index (κ3) is 5.81. The zero-order chi connectivity index (χ0) is 24.8. The van der Waals surface area contributed by atoms with Crippen molar-refractivity contribution in [1.29, 1.82) is 0 Å². The van der Waals surface area contributed by atoms with Crippen LogP contribution >= 0.6 is 0 Å². The molecule has 6 nitrogen and oxygen atoms in total. The summed E-state index contributed by atoms with van der Waals surface area (Å²) >= 11 is 0. The van der Waals surface area contributed by atoms with Gasteiger partial charge in [-0.3, -0.25) is 9.78 Å². The van der Waals surface area contributed by atoms with Crippen LogP contribution in [0.2, 0.25) is 0 Å². The van der Waals surface area contributed by atoms with Crippen molar-refractivity contribution in [3.05, 3.63) is 90.1 Å². The summed E-state index contributed by atoms with van der Waals surface area (Å²) in [6, 6.07) is 19.1. The summed E-state index contributed by atoms with van der Waals surface area (Å²) in [7, 11) is 1.56. The first-order valence-corrected chi connectivity index (χ1v) is 10.7. The Morgan fingerprint density at radius 1 is 0.971 bits per heavy atom. The number of benzene rings is 3. The van der Waals surface area contributed by atoms with E-state index in [2.05, 4.69) is 15.6 Å². The van der Waals surface area contributed by atoms with Gasteiger partial charge in [-0.15, -0.1) is 0 Å². The molecule has 180 valence electrons. The van der Waals surface area contributed by atoms with Gasteiger partial charge in [0.15, 0.2) is 11.5 Å². The van der Waals surface area contributed by atoms with Crippen LogP contribution in [0.5, 0.6) is 11.5 Å². The number of aromatic nitrogens is 1. The van der Waals surface area contributed by atoms with Gasteiger partial charge in [-0.05, 0) is 48.5 Å². The minimum atomic E-state index is -4.45. The van der Waals surface area contributed by atoms with E-state index in [1.165, 1.54) is 12.3 Å². The molecule has 1 amide bonds. The Kier molecular flexibility index (Phi) is 7.05. The number of hydrogen-bond donors (Lipinski definition) is 2. The van der Waals surface area contributed by atoms with Gasteiger partial charge in [0.1, 0.15) is 6.61 Å². The summed E-state index contributed by atoms with van der Waals surface area (Å²) < 4.78 is 49.9. The maximum atomic E-state index is 13.0. The molecule has 0 saturated carbocycles. The summed E-state index contributed by atoms with van der Waals surface area (Å²) in [5, 5.41) is 6.49. The third-order valence-corrected chi connectivity index (χ3v) is 5.19. The first kappa shape index (κ1) is 23.9. The van der Waals surface area contributed by atoms with Crippen LogP contribution in [0.4, 0.5) is 24.5 Å². The van der Waals surface area contributed by atoms with E-state index in [0.29, 0.717) is 33.8 Å². The molecule has 2 N–H and O–H groups in total. The number of pyridine rings is 1. The molecule has 0 unspecified atom stereocenters. The predicted molar refractivity (Wildman–Crippen MR) is 127 cm³/mol. The number of alkyl halides is 3. The summed E-state index contributed by atoms with van der Waals surface area (Å²) in [6.07, 6.45) is -3.01. The van der Waals surface area contributed by atoms with E-state index in [-0.39, 0.29) is 24.6 Å². The Bertz CT molecular complexity index is 1340. The van der Waals surface area contributed by atoms with Gasteiger partial charge in [-0.1, -0.05) is 24.3 Å². The third-order valence-electron chi connectivity index (χ3n) is 5.19. The Hall–Kier alpha value is -4.27. The molecule has 1 aromatic heterocycles. The van der Waals surface area contributed by atoms with Crippen LogP contribution in [-0.2, 0) is 6.18 Å². The monoisotopic (exact) mass is 481 g/mol. The number of amides is 1. The highest BCUT2D eigenvalue weighted by atomic mass is 19.4. The second-order valence-electron chi connectivity index (χ2n) is 7.55. The summed E-state index contributed by atoms with van der Waals surface area (Å²) in [5.41, 5.74) is 1.06. The molecule has 3 aromatic carbocycles. The van der Waals surface area contributed by atoms with E-state index in [4.69, 9.17) is 9.47 Å². The molecule has 35 heavy (non-hydrogen) atoms. The minimum absolute atomic E-state index is 0.216. The van der Waals surface area contributed by atoms with E-state index in [1.807, 2.05) is 12.1 Å². The standard InChI is InChI=1S/C26H22F3N3O3/c1-34-23-7-2-3-8-24(23)35-14-13-31-25(33)17-5-4-6-19(15-17)32-21-11-12-30-22-16-18(26(27,28)29)9-10-20(21)22/h2-12,15-16H,13-14H2,1H3,(H,30,32)(H,31,33). The van der Waals surface area contributed by atoms with E-state index in [9.17, 15) is 18.0 Å². The van der Waals surface area contributed by atoms with Crippen molar-refractivity contribution in [3.8, 4) is 11.5 Å². The number of carbonyl (C=O) groups excluding carboxylic acids is 1. The molecule has 0 aliphatic heterocycles. The fourth-order valence-corrected chi connectivity index (χ4v) is 3.49. The lowest BCUT2D eigenvalue weighted by molar-refractivity contribution is -0.137. The highest BCUT2D eigenvalue weighted by Gasteiger charge is 2.30. The molecule has 1 heterocycles. The highest BCUT2D eigenvalue weighted by Crippen LogP contribution is 2.33. The Balaban J connectivity index is 1.41. The molecule has 4 aromatic rings. The zero-order valence-corrected chi connectivity index (χ0v) is 18.7. The van der Waals surface area contributed by atoms with Crippen LogP contribution in [-0.4, -0.2) is 31.2 Å². The van der Waals surface area contributed by atoms with Crippen molar-refractivity contribution >= 4 is 28.2 Å². The summed E-state index contributed by atoms with van der Waals surface area (Å²) in [6.45, 7) is 0.540. The number of ether oxygens (including phenoxy) is 2. The molecule has 4 rings (SSSR count). The van der Waals surface area contributed by atoms with Gasteiger partial charge in [-0.2, -0.15) is 13.2 Å². The number of hydrogen-bond acceptors (Lipinski definition) is 5. The first-order valence-electron chi connectivity index (χ1n) is 10.7. The number of nitrogens with zero attached hydrogens (tertiary/aromatic N) is 1. The molecule has 0 aliphatic rings. The molecular formula is C26H22F3N3O3. The van der Waals surface area contributed by atoms with E-state index < -0.39 is 11.7 Å². The van der Waals surface area contributed by atoms with Gasteiger partial charge >= 0.3 is 6.18 Å². The van der Waals surface area contributed by atoms with Gasteiger partial charge in [0.2, 0.25) is 0 Å². The lowest BCUT2D eigenvalue weighted by Gasteiger charge is -2.13. The van der Waals surface area contributed by atoms with Crippen LogP contribution in [0, 0.1) is 0 Å². The first-order chi connectivity index (χ1) is 16.8. The number of halogens is 3. The Labute approximate surface area is 199 Å². The predicted octanol–water partition coefficient (Wildman–Crippen LogP) is 5.81. The van der Waals surface area contributed by atoms with Crippen molar-refractivity contribution in [2.75, 3.05) is 25.6 Å². The van der Waals surface area contributed by atoms with E-state index >= 15 is 0 Å². The molecule has 0 atom stereocenters. The lowest BCUT2D eigenvalue weighted by Crippen LogP contribution is -2.28. The highest BCUT2D eigenvalue weighted by molar-refractivity contribution is 5.96.